The van der Waals surface area contributed by atoms with E-state index >= 15 is 0 Å². The molecular weight excluding hydrogens is 744 g/mol. The molecule has 1 aliphatic heterocycles. The maximum absolute atomic E-state index is 14.3. The number of fused-ring (bicyclic) bond motifs is 1. The minimum Gasteiger partial charge on any atom is -0.497 e. The Morgan fingerprint density at radius 1 is 1.05 bits per heavy atom. The highest BCUT2D eigenvalue weighted by Crippen LogP contribution is 2.46. The van der Waals surface area contributed by atoms with E-state index in [0.29, 0.717) is 40.9 Å². The van der Waals surface area contributed by atoms with Crippen LogP contribution in [0.15, 0.2) is 67.3 Å². The number of methoxy groups -OCH3 is 1. The third kappa shape index (κ3) is 8.26. The normalized spacial score (nSPS) is 23.0. The van der Waals surface area contributed by atoms with Gasteiger partial charge in [0.1, 0.15) is 35.2 Å². The predicted molar refractivity (Wildman–Crippen MR) is 195 cm³/mol. The molecular formula is C38H42F3N5O8S. The largest absolute Gasteiger partial charge is 0.497 e. The zero-order chi connectivity index (χ0) is 40.1. The fourth-order valence-corrected chi connectivity index (χ4v) is 8.12. The molecule has 0 bridgehead atoms. The highest BCUT2D eigenvalue weighted by Gasteiger charge is 2.62. The van der Waals surface area contributed by atoms with Gasteiger partial charge in [-0.05, 0) is 36.8 Å². The van der Waals surface area contributed by atoms with Crippen molar-refractivity contribution in [3.8, 4) is 22.8 Å². The number of benzene rings is 2. The number of likely N-dealkylation sites (tertiary alicyclic amines) is 1. The molecule has 0 radical (unpaired) electrons. The molecule has 2 saturated carbocycles. The lowest BCUT2D eigenvalue weighted by Crippen LogP contribution is -2.61. The van der Waals surface area contributed by atoms with E-state index in [2.05, 4.69) is 16.6 Å². The number of rotatable bonds is 12. The van der Waals surface area contributed by atoms with E-state index in [1.54, 1.807) is 29.6 Å². The third-order valence-corrected chi connectivity index (χ3v) is 11.9. The lowest BCUT2D eigenvalue weighted by molar-refractivity contribution is -0.176. The van der Waals surface area contributed by atoms with Crippen LogP contribution in [-0.2, 0) is 29.2 Å². The van der Waals surface area contributed by atoms with E-state index in [1.165, 1.54) is 34.0 Å². The first-order valence-corrected chi connectivity index (χ1v) is 19.2. The fourth-order valence-electron chi connectivity index (χ4n) is 6.76. The SMILES string of the molecule is C=C[C@@H]1C[C@]1(NC(=O)C1C[C@@H](Oc2cc(-c3ccccc3)nc3cc(OC)ccc23)CN1C(=O)[C@@H](NC(=O)C(F)(F)F)C(C)(C)C)C(=O)NS(=O)(=O)C1CC1. The molecule has 2 aliphatic carbocycles. The number of hydrogen-bond acceptors (Lipinski definition) is 9. The Morgan fingerprint density at radius 3 is 2.33 bits per heavy atom. The number of ether oxygens (including phenoxy) is 2. The summed E-state index contributed by atoms with van der Waals surface area (Å²) in [4.78, 5) is 60.0. The molecule has 6 rings (SSSR count). The van der Waals surface area contributed by atoms with E-state index in [0.717, 1.165) is 10.5 Å². The average Bonchev–Trinajstić information content (AvgIpc) is 4.06. The Labute approximate surface area is 316 Å². The minimum atomic E-state index is -5.30. The van der Waals surface area contributed by atoms with Crippen molar-refractivity contribution in [3.05, 3.63) is 67.3 Å². The van der Waals surface area contributed by atoms with Gasteiger partial charge in [0.2, 0.25) is 21.8 Å². The van der Waals surface area contributed by atoms with Gasteiger partial charge in [-0.2, -0.15) is 13.2 Å². The van der Waals surface area contributed by atoms with Gasteiger partial charge in [-0.15, -0.1) is 6.58 Å². The number of carbonyl (C=O) groups is 4. The van der Waals surface area contributed by atoms with E-state index < -0.39 is 80.1 Å². The molecule has 3 aromatic rings. The van der Waals surface area contributed by atoms with E-state index in [-0.39, 0.29) is 19.4 Å². The number of nitrogens with zero attached hydrogens (tertiary/aromatic N) is 2. The second-order valence-electron chi connectivity index (χ2n) is 15.2. The van der Waals surface area contributed by atoms with Crippen molar-refractivity contribution in [1.82, 2.24) is 25.2 Å². The number of alkyl halides is 3. The van der Waals surface area contributed by atoms with Crippen LogP contribution in [0.25, 0.3) is 22.2 Å². The summed E-state index contributed by atoms with van der Waals surface area (Å²) in [7, 11) is -2.49. The van der Waals surface area contributed by atoms with Crippen LogP contribution in [0.4, 0.5) is 13.2 Å². The number of sulfonamides is 1. The number of pyridine rings is 1. The Morgan fingerprint density at radius 2 is 1.75 bits per heavy atom. The Bertz CT molecular complexity index is 2140. The van der Waals surface area contributed by atoms with Gasteiger partial charge in [-0.3, -0.25) is 23.9 Å². The second kappa shape index (κ2) is 14.5. The van der Waals surface area contributed by atoms with Crippen LogP contribution in [0.2, 0.25) is 0 Å². The monoisotopic (exact) mass is 785 g/mol. The van der Waals surface area contributed by atoms with Crippen LogP contribution >= 0.6 is 0 Å². The molecule has 5 atom stereocenters. The molecule has 3 N–H and O–H groups in total. The number of hydrogen-bond donors (Lipinski definition) is 3. The van der Waals surface area contributed by atoms with Crippen molar-refractivity contribution < 1.29 is 50.2 Å². The van der Waals surface area contributed by atoms with E-state index in [4.69, 9.17) is 14.5 Å². The molecule has 13 nitrogen and oxygen atoms in total. The molecule has 17 heteroatoms. The highest BCUT2D eigenvalue weighted by molar-refractivity contribution is 7.91. The van der Waals surface area contributed by atoms with Crippen molar-refractivity contribution in [2.75, 3.05) is 13.7 Å². The number of aromatic nitrogens is 1. The Hall–Kier alpha value is -5.19. The van der Waals surface area contributed by atoms with Crippen LogP contribution in [0.5, 0.6) is 11.5 Å². The number of carbonyl (C=O) groups excluding carboxylic acids is 4. The standard InChI is InChI=1S/C38H42F3N5O8S/c1-6-22-19-37(22,34(49)45-55(51,52)25-13-14-25)44-32(47)29-17-24(20-46(29)33(48)31(36(2,3)4)43-35(50)38(39,40)41)54-30-18-27(21-10-8-7-9-11-21)42-28-16-23(53-5)12-15-26(28)30/h6-12,15-16,18,22,24-25,29,31H,1,13-14,17,19-20H2,2-5H3,(H,43,50)(H,44,47)(H,45,49)/t22-,24-,29?,31-,37-/m1/s1. The molecule has 3 fully saturated rings. The zero-order valence-corrected chi connectivity index (χ0v) is 31.4. The molecule has 1 saturated heterocycles. The van der Waals surface area contributed by atoms with Crippen molar-refractivity contribution in [2.24, 2.45) is 11.3 Å². The van der Waals surface area contributed by atoms with Crippen molar-refractivity contribution in [2.45, 2.75) is 81.6 Å². The van der Waals surface area contributed by atoms with Crippen LogP contribution in [0.3, 0.4) is 0 Å². The van der Waals surface area contributed by atoms with Crippen molar-refractivity contribution >= 4 is 44.6 Å². The van der Waals surface area contributed by atoms with Crippen LogP contribution in [0, 0.1) is 11.3 Å². The molecule has 2 heterocycles. The summed E-state index contributed by atoms with van der Waals surface area (Å²) < 4.78 is 79.7. The highest BCUT2D eigenvalue weighted by atomic mass is 32.2. The smallest absolute Gasteiger partial charge is 0.471 e. The molecule has 1 unspecified atom stereocenters. The number of halogens is 3. The van der Waals surface area contributed by atoms with Gasteiger partial charge in [-0.25, -0.2) is 13.4 Å². The molecule has 1 aromatic heterocycles. The first-order chi connectivity index (χ1) is 25.8. The minimum absolute atomic E-state index is 0.0237. The quantitative estimate of drug-likeness (QED) is 0.230. The molecule has 55 heavy (non-hydrogen) atoms. The summed E-state index contributed by atoms with van der Waals surface area (Å²) >= 11 is 0. The molecule has 2 aromatic carbocycles. The molecule has 4 amide bonds. The number of amides is 4. The molecule has 0 spiro atoms. The fraction of sp³-hybridized carbons (Fsp3) is 0.447. The van der Waals surface area contributed by atoms with Gasteiger partial charge in [-0.1, -0.05) is 57.2 Å². The lowest BCUT2D eigenvalue weighted by atomic mass is 9.85. The topological polar surface area (TPSA) is 173 Å². The summed E-state index contributed by atoms with van der Waals surface area (Å²) in [5, 5.41) is 4.30. The third-order valence-electron chi connectivity index (χ3n) is 10.1. The van der Waals surface area contributed by atoms with Gasteiger partial charge >= 0.3 is 12.1 Å². The lowest BCUT2D eigenvalue weighted by Gasteiger charge is -2.35. The van der Waals surface area contributed by atoms with Crippen molar-refractivity contribution in [3.63, 3.8) is 0 Å². The second-order valence-corrected chi connectivity index (χ2v) is 17.2. The van der Waals surface area contributed by atoms with E-state index in [1.807, 2.05) is 30.3 Å². The summed E-state index contributed by atoms with van der Waals surface area (Å²) in [6.45, 7) is 7.80. The van der Waals surface area contributed by atoms with Crippen LogP contribution in [0.1, 0.15) is 46.5 Å². The Balaban J connectivity index is 1.35. The maximum Gasteiger partial charge on any atom is 0.471 e. The zero-order valence-electron chi connectivity index (χ0n) is 30.6. The summed E-state index contributed by atoms with van der Waals surface area (Å²) in [5.74, 6) is -4.94. The molecule has 3 aliphatic rings. The van der Waals surface area contributed by atoms with Gasteiger partial charge in [0.15, 0.2) is 0 Å². The van der Waals surface area contributed by atoms with Gasteiger partial charge in [0, 0.05) is 35.4 Å². The average molecular weight is 786 g/mol. The van der Waals surface area contributed by atoms with Gasteiger partial charge in [0.05, 0.1) is 30.1 Å². The van der Waals surface area contributed by atoms with Gasteiger partial charge < -0.3 is 25.0 Å². The predicted octanol–water partition coefficient (Wildman–Crippen LogP) is 4.02. The maximum atomic E-state index is 14.3. The van der Waals surface area contributed by atoms with Crippen LogP contribution < -0.4 is 24.8 Å². The summed E-state index contributed by atoms with van der Waals surface area (Å²) in [6, 6.07) is 12.9. The Kier molecular flexibility index (Phi) is 10.4. The van der Waals surface area contributed by atoms with E-state index in [9.17, 15) is 40.8 Å². The molecule has 294 valence electrons. The first-order valence-electron chi connectivity index (χ1n) is 17.7. The summed E-state index contributed by atoms with van der Waals surface area (Å²) in [5.41, 5.74) is -1.15. The van der Waals surface area contributed by atoms with Crippen molar-refractivity contribution in [1.29, 1.82) is 0 Å². The van der Waals surface area contributed by atoms with Gasteiger partial charge in [0.25, 0.3) is 5.91 Å². The first kappa shape index (κ1) is 39.5. The summed E-state index contributed by atoms with van der Waals surface area (Å²) in [6.07, 6.45) is -4.20. The number of nitrogens with one attached hydrogen (secondary N) is 3. The van der Waals surface area contributed by atoms with Crippen LogP contribution in [-0.4, -0.2) is 90.7 Å².